The first-order chi connectivity index (χ1) is 5.83. The molecule has 0 fully saturated rings. The second-order valence-electron chi connectivity index (χ2n) is 2.23. The Labute approximate surface area is 74.9 Å². The number of benzene rings is 1. The summed E-state index contributed by atoms with van der Waals surface area (Å²) in [6, 6.07) is 7.83. The number of anilines is 1. The largest absolute Gasteiger partial charge is 0.399 e. The molecule has 0 aliphatic carbocycles. The molecular formula is C11H17N. The third-order valence-corrected chi connectivity index (χ3v) is 1.36. The van der Waals surface area contributed by atoms with E-state index in [-0.39, 0.29) is 0 Å². The number of hydrogen-bond donors (Lipinski definition) is 1. The molecule has 0 heterocycles. The lowest BCUT2D eigenvalue weighted by atomic mass is 10.1. The van der Waals surface area contributed by atoms with Crippen LogP contribution in [0.4, 0.5) is 5.69 Å². The van der Waals surface area contributed by atoms with Gasteiger partial charge in [0.2, 0.25) is 0 Å². The summed E-state index contributed by atoms with van der Waals surface area (Å²) in [5.41, 5.74) is 7.56. The van der Waals surface area contributed by atoms with Gasteiger partial charge in [-0.15, -0.1) is 6.58 Å². The van der Waals surface area contributed by atoms with E-state index in [0.29, 0.717) is 0 Å². The zero-order valence-electron chi connectivity index (χ0n) is 7.88. The molecule has 0 bridgehead atoms. The van der Waals surface area contributed by atoms with Crippen molar-refractivity contribution in [2.75, 3.05) is 5.73 Å². The Kier molecular flexibility index (Phi) is 5.80. The Morgan fingerprint density at radius 2 is 1.75 bits per heavy atom. The van der Waals surface area contributed by atoms with Crippen LogP contribution in [0.15, 0.2) is 36.9 Å². The first-order valence-electron chi connectivity index (χ1n) is 4.28. The van der Waals surface area contributed by atoms with Crippen molar-refractivity contribution in [2.45, 2.75) is 20.3 Å². The molecule has 0 aliphatic rings. The normalized spacial score (nSPS) is 8.17. The molecule has 1 nitrogen and oxygen atoms in total. The number of rotatable bonds is 2. The molecule has 12 heavy (non-hydrogen) atoms. The molecule has 0 spiro atoms. The first-order valence-corrected chi connectivity index (χ1v) is 4.28. The van der Waals surface area contributed by atoms with Gasteiger partial charge in [-0.25, -0.2) is 0 Å². The first kappa shape index (κ1) is 10.8. The minimum absolute atomic E-state index is 0.813. The number of hydrogen-bond acceptors (Lipinski definition) is 1. The van der Waals surface area contributed by atoms with E-state index in [1.807, 2.05) is 44.2 Å². The highest BCUT2D eigenvalue weighted by Crippen LogP contribution is 2.05. The molecule has 1 aromatic carbocycles. The Bertz CT molecular complexity index is 211. The van der Waals surface area contributed by atoms with Crippen LogP contribution in [-0.2, 0) is 6.42 Å². The van der Waals surface area contributed by atoms with Crippen LogP contribution in [0.2, 0.25) is 0 Å². The van der Waals surface area contributed by atoms with Crippen LogP contribution in [0, 0.1) is 0 Å². The van der Waals surface area contributed by atoms with E-state index >= 15 is 0 Å². The molecule has 2 N–H and O–H groups in total. The predicted octanol–water partition coefficient (Wildman–Crippen LogP) is 3.02. The van der Waals surface area contributed by atoms with Crippen molar-refractivity contribution in [3.05, 3.63) is 42.5 Å². The average molecular weight is 163 g/mol. The maximum atomic E-state index is 5.50. The fourth-order valence-electron chi connectivity index (χ4n) is 0.820. The van der Waals surface area contributed by atoms with E-state index in [9.17, 15) is 0 Å². The third-order valence-electron chi connectivity index (χ3n) is 1.36. The summed E-state index contributed by atoms with van der Waals surface area (Å²) in [7, 11) is 0. The summed E-state index contributed by atoms with van der Waals surface area (Å²) < 4.78 is 0. The van der Waals surface area contributed by atoms with Gasteiger partial charge in [-0.3, -0.25) is 0 Å². The van der Waals surface area contributed by atoms with Crippen LogP contribution >= 0.6 is 0 Å². The van der Waals surface area contributed by atoms with Gasteiger partial charge in [-0.05, 0) is 24.1 Å². The highest BCUT2D eigenvalue weighted by molar-refractivity contribution is 5.39. The molecule has 0 aromatic heterocycles. The van der Waals surface area contributed by atoms with Gasteiger partial charge < -0.3 is 5.73 Å². The van der Waals surface area contributed by atoms with Gasteiger partial charge in [-0.2, -0.15) is 0 Å². The fraction of sp³-hybridized carbons (Fsp3) is 0.273. The lowest BCUT2D eigenvalue weighted by Gasteiger charge is -1.95. The predicted molar refractivity (Wildman–Crippen MR) is 56.1 cm³/mol. The SMILES string of the molecule is C=CCc1ccc(N)cc1.CC. The van der Waals surface area contributed by atoms with E-state index in [2.05, 4.69) is 6.58 Å². The van der Waals surface area contributed by atoms with Gasteiger partial charge in [0, 0.05) is 5.69 Å². The molecule has 1 aromatic rings. The Morgan fingerprint density at radius 1 is 1.25 bits per heavy atom. The monoisotopic (exact) mass is 163 g/mol. The zero-order chi connectivity index (χ0) is 9.40. The average Bonchev–Trinajstić information content (AvgIpc) is 2.13. The zero-order valence-corrected chi connectivity index (χ0v) is 7.88. The molecular weight excluding hydrogens is 146 g/mol. The molecule has 0 saturated carbocycles. The molecule has 0 aliphatic heterocycles. The van der Waals surface area contributed by atoms with E-state index in [0.717, 1.165) is 12.1 Å². The molecule has 0 saturated heterocycles. The van der Waals surface area contributed by atoms with Crippen molar-refractivity contribution in [1.82, 2.24) is 0 Å². The summed E-state index contributed by atoms with van der Waals surface area (Å²) in [4.78, 5) is 0. The van der Waals surface area contributed by atoms with Crippen LogP contribution in [0.1, 0.15) is 19.4 Å². The van der Waals surface area contributed by atoms with Gasteiger partial charge in [0.25, 0.3) is 0 Å². The highest BCUT2D eigenvalue weighted by Gasteiger charge is 1.86. The molecule has 1 heteroatoms. The van der Waals surface area contributed by atoms with Gasteiger partial charge in [0.15, 0.2) is 0 Å². The maximum absolute atomic E-state index is 5.50. The second-order valence-corrected chi connectivity index (χ2v) is 2.23. The van der Waals surface area contributed by atoms with E-state index in [1.165, 1.54) is 5.56 Å². The highest BCUT2D eigenvalue weighted by atomic mass is 14.5. The maximum Gasteiger partial charge on any atom is 0.0314 e. The van der Waals surface area contributed by atoms with Crippen molar-refractivity contribution in [3.63, 3.8) is 0 Å². The summed E-state index contributed by atoms with van der Waals surface area (Å²) in [6.07, 6.45) is 2.80. The van der Waals surface area contributed by atoms with Crippen molar-refractivity contribution in [1.29, 1.82) is 0 Å². The van der Waals surface area contributed by atoms with Gasteiger partial charge in [-0.1, -0.05) is 32.1 Å². The number of nitrogens with two attached hydrogens (primary N) is 1. The lowest BCUT2D eigenvalue weighted by Crippen LogP contribution is -1.84. The van der Waals surface area contributed by atoms with Crippen molar-refractivity contribution in [2.24, 2.45) is 0 Å². The Hall–Kier alpha value is -1.24. The minimum atomic E-state index is 0.813. The molecule has 66 valence electrons. The number of nitrogen functional groups attached to an aromatic ring is 1. The minimum Gasteiger partial charge on any atom is -0.399 e. The van der Waals surface area contributed by atoms with E-state index in [1.54, 1.807) is 0 Å². The van der Waals surface area contributed by atoms with Crippen LogP contribution in [-0.4, -0.2) is 0 Å². The smallest absolute Gasteiger partial charge is 0.0314 e. The topological polar surface area (TPSA) is 26.0 Å². The van der Waals surface area contributed by atoms with E-state index < -0.39 is 0 Å². The van der Waals surface area contributed by atoms with Crippen LogP contribution in [0.5, 0.6) is 0 Å². The van der Waals surface area contributed by atoms with Crippen molar-refractivity contribution >= 4 is 5.69 Å². The van der Waals surface area contributed by atoms with Gasteiger partial charge in [0.05, 0.1) is 0 Å². The standard InChI is InChI=1S/C9H11N.C2H6/c1-2-3-8-4-6-9(10)7-5-8;1-2/h2,4-7H,1,3,10H2;1-2H3. The molecule has 0 atom stereocenters. The van der Waals surface area contributed by atoms with Gasteiger partial charge >= 0.3 is 0 Å². The van der Waals surface area contributed by atoms with Gasteiger partial charge in [0.1, 0.15) is 0 Å². The quantitative estimate of drug-likeness (QED) is 0.526. The molecule has 1 rings (SSSR count). The van der Waals surface area contributed by atoms with Crippen molar-refractivity contribution < 1.29 is 0 Å². The lowest BCUT2D eigenvalue weighted by molar-refractivity contribution is 1.28. The molecule has 0 radical (unpaired) electrons. The number of allylic oxidation sites excluding steroid dienone is 1. The van der Waals surface area contributed by atoms with Crippen molar-refractivity contribution in [3.8, 4) is 0 Å². The van der Waals surface area contributed by atoms with Crippen LogP contribution < -0.4 is 5.73 Å². The summed E-state index contributed by atoms with van der Waals surface area (Å²) in [5, 5.41) is 0. The Balaban J connectivity index is 0.000000561. The summed E-state index contributed by atoms with van der Waals surface area (Å²) >= 11 is 0. The van der Waals surface area contributed by atoms with Crippen LogP contribution in [0.3, 0.4) is 0 Å². The molecule has 0 amide bonds. The summed E-state index contributed by atoms with van der Waals surface area (Å²) in [5.74, 6) is 0. The van der Waals surface area contributed by atoms with E-state index in [4.69, 9.17) is 5.73 Å². The fourth-order valence-corrected chi connectivity index (χ4v) is 0.820. The van der Waals surface area contributed by atoms with Crippen LogP contribution in [0.25, 0.3) is 0 Å². The second kappa shape index (κ2) is 6.47. The molecule has 0 unspecified atom stereocenters. The third kappa shape index (κ3) is 3.81. The summed E-state index contributed by atoms with van der Waals surface area (Å²) in [6.45, 7) is 7.65. The Morgan fingerprint density at radius 3 is 2.17 bits per heavy atom.